The molecular weight excluding hydrogens is 387 g/mol. The van der Waals surface area contributed by atoms with Crippen LogP contribution in [-0.4, -0.2) is 73.2 Å². The van der Waals surface area contributed by atoms with Crippen LogP contribution in [0.1, 0.15) is 26.2 Å². The van der Waals surface area contributed by atoms with Gasteiger partial charge in [-0.05, 0) is 57.0 Å². The number of rotatable bonds is 6. The number of carbonyl (C=O) groups is 1. The Morgan fingerprint density at radius 2 is 2.04 bits per heavy atom. The van der Waals surface area contributed by atoms with Gasteiger partial charge in [0.2, 0.25) is 5.91 Å². The number of likely N-dealkylation sites (tertiary alicyclic amines) is 1. The van der Waals surface area contributed by atoms with Gasteiger partial charge in [-0.1, -0.05) is 0 Å². The molecule has 2 fully saturated rings. The van der Waals surface area contributed by atoms with Crippen LogP contribution in [0.4, 0.5) is 4.39 Å². The number of halogens is 1. The molecule has 1 aromatic rings. The van der Waals surface area contributed by atoms with Gasteiger partial charge in [0.1, 0.15) is 23.8 Å². The van der Waals surface area contributed by atoms with E-state index in [0.717, 1.165) is 0 Å². The summed E-state index contributed by atoms with van der Waals surface area (Å²) in [6.45, 7) is 2.83. The van der Waals surface area contributed by atoms with Crippen molar-refractivity contribution in [2.24, 2.45) is 0 Å². The highest BCUT2D eigenvalue weighted by atomic mass is 32.2. The number of aliphatic hydroxyl groups is 1. The molecule has 2 atom stereocenters. The summed E-state index contributed by atoms with van der Waals surface area (Å²) in [5.74, 6) is -0.0807. The third-order valence-corrected chi connectivity index (χ3v) is 7.17. The molecule has 2 aliphatic heterocycles. The van der Waals surface area contributed by atoms with Crippen molar-refractivity contribution >= 4 is 15.7 Å². The summed E-state index contributed by atoms with van der Waals surface area (Å²) in [4.78, 5) is 14.3. The zero-order valence-electron chi connectivity index (χ0n) is 16.0. The number of β-amino-alcohol motifs (C(OH)–C–C–N with tert-alkyl or cyclic N) is 1. The number of sulfone groups is 1. The molecule has 3 rings (SSSR count). The van der Waals surface area contributed by atoms with Crippen LogP contribution in [0.2, 0.25) is 0 Å². The maximum absolute atomic E-state index is 13.0. The number of ether oxygens (including phenoxy) is 1. The Balaban J connectivity index is 1.51. The van der Waals surface area contributed by atoms with Gasteiger partial charge < -0.3 is 15.2 Å². The van der Waals surface area contributed by atoms with Gasteiger partial charge in [-0.25, -0.2) is 12.8 Å². The lowest BCUT2D eigenvalue weighted by atomic mass is 9.93. The Labute approximate surface area is 164 Å². The molecule has 0 spiro atoms. The fourth-order valence-corrected chi connectivity index (χ4v) is 5.99. The number of nitrogens with zero attached hydrogens (tertiary/aromatic N) is 1. The highest BCUT2D eigenvalue weighted by molar-refractivity contribution is 7.91. The summed E-state index contributed by atoms with van der Waals surface area (Å²) in [7, 11) is -3.10. The predicted octanol–water partition coefficient (Wildman–Crippen LogP) is 0.725. The van der Waals surface area contributed by atoms with Crippen LogP contribution < -0.4 is 10.1 Å². The molecule has 0 aliphatic carbocycles. The minimum Gasteiger partial charge on any atom is -0.491 e. The van der Waals surface area contributed by atoms with Gasteiger partial charge in [0.25, 0.3) is 0 Å². The second-order valence-electron chi connectivity index (χ2n) is 8.23. The molecule has 2 aliphatic rings. The van der Waals surface area contributed by atoms with Gasteiger partial charge in [-0.3, -0.25) is 9.69 Å². The number of carbonyl (C=O) groups excluding carboxylic acids is 1. The van der Waals surface area contributed by atoms with E-state index in [4.69, 9.17) is 4.74 Å². The van der Waals surface area contributed by atoms with Crippen LogP contribution in [0.15, 0.2) is 24.3 Å². The first kappa shape index (κ1) is 21.0. The Kier molecular flexibility index (Phi) is 5.97. The molecule has 28 heavy (non-hydrogen) atoms. The highest BCUT2D eigenvalue weighted by Gasteiger charge is 2.40. The van der Waals surface area contributed by atoms with Crippen LogP contribution in [0.25, 0.3) is 0 Å². The Hall–Kier alpha value is -1.71. The number of hydrogen-bond donors (Lipinski definition) is 2. The van der Waals surface area contributed by atoms with Crippen LogP contribution >= 0.6 is 0 Å². The molecule has 156 valence electrons. The number of piperidine rings is 1. The third-order valence-electron chi connectivity index (χ3n) is 5.27. The standard InChI is InChI=1S/C19H27FN2O5S/c1-18(8-10-28(25,26)14-18)21-17(23)11-22-9-2-7-19(24,12-22)13-27-16-5-3-15(20)4-6-16/h3-6,24H,2,7-14H2,1H3,(H,21,23)/t18-,19-/m1/s1. The molecule has 1 aromatic carbocycles. The molecule has 0 saturated carbocycles. The minimum absolute atomic E-state index is 0.0405. The number of benzene rings is 1. The summed E-state index contributed by atoms with van der Waals surface area (Å²) in [6, 6.07) is 5.59. The molecule has 0 unspecified atom stereocenters. The topological polar surface area (TPSA) is 95.9 Å². The van der Waals surface area contributed by atoms with Gasteiger partial charge in [0, 0.05) is 6.54 Å². The van der Waals surface area contributed by atoms with E-state index in [1.165, 1.54) is 24.3 Å². The quantitative estimate of drug-likeness (QED) is 0.712. The largest absolute Gasteiger partial charge is 0.491 e. The lowest BCUT2D eigenvalue weighted by Crippen LogP contribution is -2.55. The third kappa shape index (κ3) is 5.65. The normalized spacial score (nSPS) is 30.1. The van der Waals surface area contributed by atoms with Gasteiger partial charge in [-0.15, -0.1) is 0 Å². The van der Waals surface area contributed by atoms with E-state index >= 15 is 0 Å². The Morgan fingerprint density at radius 1 is 1.32 bits per heavy atom. The summed E-state index contributed by atoms with van der Waals surface area (Å²) >= 11 is 0. The van der Waals surface area contributed by atoms with E-state index in [9.17, 15) is 22.7 Å². The van der Waals surface area contributed by atoms with E-state index < -0.39 is 21.0 Å². The van der Waals surface area contributed by atoms with Crippen molar-refractivity contribution in [1.29, 1.82) is 0 Å². The van der Waals surface area contributed by atoms with Gasteiger partial charge in [-0.2, -0.15) is 0 Å². The molecule has 7 nitrogen and oxygen atoms in total. The maximum Gasteiger partial charge on any atom is 0.234 e. The molecular formula is C19H27FN2O5S. The monoisotopic (exact) mass is 414 g/mol. The van der Waals surface area contributed by atoms with Crippen molar-refractivity contribution < 1.29 is 27.4 Å². The predicted molar refractivity (Wildman–Crippen MR) is 102 cm³/mol. The zero-order chi connectivity index (χ0) is 20.4. The first-order valence-corrected chi connectivity index (χ1v) is 11.2. The lowest BCUT2D eigenvalue weighted by molar-refractivity contribution is -0.126. The molecule has 2 heterocycles. The summed E-state index contributed by atoms with van der Waals surface area (Å²) in [5.41, 5.74) is -1.83. The molecule has 2 N–H and O–H groups in total. The molecule has 2 saturated heterocycles. The zero-order valence-corrected chi connectivity index (χ0v) is 16.8. The lowest BCUT2D eigenvalue weighted by Gasteiger charge is -2.39. The van der Waals surface area contributed by atoms with Crippen molar-refractivity contribution in [1.82, 2.24) is 10.2 Å². The summed E-state index contributed by atoms with van der Waals surface area (Å²) < 4.78 is 41.9. The molecule has 0 bridgehead atoms. The fraction of sp³-hybridized carbons (Fsp3) is 0.632. The average Bonchev–Trinajstić information content (AvgIpc) is 2.87. The molecule has 0 aromatic heterocycles. The second-order valence-corrected chi connectivity index (χ2v) is 10.4. The van der Waals surface area contributed by atoms with Crippen molar-refractivity contribution in [2.75, 3.05) is 37.7 Å². The van der Waals surface area contributed by atoms with E-state index in [1.54, 1.807) is 6.92 Å². The van der Waals surface area contributed by atoms with E-state index in [0.29, 0.717) is 31.6 Å². The minimum atomic E-state index is -3.10. The maximum atomic E-state index is 13.0. The summed E-state index contributed by atoms with van der Waals surface area (Å²) in [6.07, 6.45) is 1.67. The van der Waals surface area contributed by atoms with Crippen molar-refractivity contribution in [3.8, 4) is 5.75 Å². The molecule has 0 radical (unpaired) electrons. The van der Waals surface area contributed by atoms with Crippen molar-refractivity contribution in [3.05, 3.63) is 30.1 Å². The van der Waals surface area contributed by atoms with Crippen LogP contribution in [0.5, 0.6) is 5.75 Å². The van der Waals surface area contributed by atoms with Gasteiger partial charge in [0.15, 0.2) is 9.84 Å². The SMILES string of the molecule is C[C@@]1(NC(=O)CN2CCC[C@](O)(COc3ccc(F)cc3)C2)CCS(=O)(=O)C1. The van der Waals surface area contributed by atoms with Crippen LogP contribution in [0.3, 0.4) is 0 Å². The van der Waals surface area contributed by atoms with E-state index in [-0.39, 0.29) is 42.9 Å². The Morgan fingerprint density at radius 3 is 2.68 bits per heavy atom. The number of hydrogen-bond acceptors (Lipinski definition) is 6. The summed E-state index contributed by atoms with van der Waals surface area (Å²) in [5, 5.41) is 13.7. The van der Waals surface area contributed by atoms with Crippen LogP contribution in [-0.2, 0) is 14.6 Å². The number of amides is 1. The van der Waals surface area contributed by atoms with Crippen LogP contribution in [0, 0.1) is 5.82 Å². The fourth-order valence-electron chi connectivity index (χ4n) is 3.90. The van der Waals surface area contributed by atoms with E-state index in [1.807, 2.05) is 4.90 Å². The first-order valence-electron chi connectivity index (χ1n) is 9.41. The number of nitrogens with one attached hydrogen (secondary N) is 1. The van der Waals surface area contributed by atoms with E-state index in [2.05, 4.69) is 5.32 Å². The second kappa shape index (κ2) is 7.96. The highest BCUT2D eigenvalue weighted by Crippen LogP contribution is 2.25. The Bertz CT molecular complexity index is 816. The van der Waals surface area contributed by atoms with Gasteiger partial charge >= 0.3 is 0 Å². The molecule has 1 amide bonds. The first-order chi connectivity index (χ1) is 13.1. The average molecular weight is 414 g/mol. The van der Waals surface area contributed by atoms with Crippen molar-refractivity contribution in [2.45, 2.75) is 37.3 Å². The molecule has 9 heteroatoms. The van der Waals surface area contributed by atoms with Crippen molar-refractivity contribution in [3.63, 3.8) is 0 Å². The van der Waals surface area contributed by atoms with Gasteiger partial charge in [0.05, 0.1) is 23.6 Å². The smallest absolute Gasteiger partial charge is 0.234 e.